The van der Waals surface area contributed by atoms with E-state index < -0.39 is 5.60 Å². The van der Waals surface area contributed by atoms with Crippen LogP contribution in [0.2, 0.25) is 0 Å². The summed E-state index contributed by atoms with van der Waals surface area (Å²) in [7, 11) is 1.66. The van der Waals surface area contributed by atoms with Crippen molar-refractivity contribution >= 4 is 23.5 Å². The molecule has 2 aliphatic rings. The van der Waals surface area contributed by atoms with Gasteiger partial charge in [-0.25, -0.2) is 4.79 Å². The number of para-hydroxylation sites is 1. The van der Waals surface area contributed by atoms with Crippen LogP contribution in [0.15, 0.2) is 36.4 Å². The number of nitrogens with zero attached hydrogens (tertiary/aromatic N) is 2. The summed E-state index contributed by atoms with van der Waals surface area (Å²) >= 11 is 0. The highest BCUT2D eigenvalue weighted by molar-refractivity contribution is 6.02. The number of carbonyl (C=O) groups is 3. The molecular weight excluding hydrogens is 492 g/mol. The first-order chi connectivity index (χ1) is 18.6. The summed E-state index contributed by atoms with van der Waals surface area (Å²) in [5.41, 5.74) is 4.54. The molecule has 0 aliphatic carbocycles. The van der Waals surface area contributed by atoms with Crippen molar-refractivity contribution in [2.24, 2.45) is 0 Å². The molecule has 0 N–H and O–H groups in total. The third-order valence-corrected chi connectivity index (χ3v) is 7.54. The van der Waals surface area contributed by atoms with Gasteiger partial charge in [0, 0.05) is 37.5 Å². The van der Waals surface area contributed by atoms with E-state index in [-0.39, 0.29) is 23.8 Å². The Bertz CT molecular complexity index is 1220. The molecule has 2 amide bonds. The normalized spacial score (nSPS) is 15.1. The molecule has 2 aromatic rings. The van der Waals surface area contributed by atoms with E-state index in [4.69, 9.17) is 9.47 Å². The van der Waals surface area contributed by atoms with Crippen molar-refractivity contribution in [3.8, 4) is 5.75 Å². The number of anilines is 1. The highest BCUT2D eigenvalue weighted by atomic mass is 16.6. The molecule has 7 nitrogen and oxygen atoms in total. The van der Waals surface area contributed by atoms with Crippen molar-refractivity contribution in [3.63, 3.8) is 0 Å². The van der Waals surface area contributed by atoms with Crippen molar-refractivity contribution in [2.75, 3.05) is 25.1 Å². The summed E-state index contributed by atoms with van der Waals surface area (Å²) in [6.45, 7) is 8.95. The van der Waals surface area contributed by atoms with E-state index in [2.05, 4.69) is 0 Å². The number of amides is 2. The van der Waals surface area contributed by atoms with Crippen LogP contribution in [0.3, 0.4) is 0 Å². The quantitative estimate of drug-likeness (QED) is 0.256. The number of methoxy groups -OCH3 is 1. The Morgan fingerprint density at radius 3 is 2.46 bits per heavy atom. The number of rotatable bonds is 11. The summed E-state index contributed by atoms with van der Waals surface area (Å²) in [6.07, 6.45) is 5.26. The third-order valence-electron chi connectivity index (χ3n) is 7.54. The van der Waals surface area contributed by atoms with Gasteiger partial charge in [-0.2, -0.15) is 0 Å². The number of hydrogen-bond donors (Lipinski definition) is 0. The smallest absolute Gasteiger partial charge is 0.410 e. The van der Waals surface area contributed by atoms with Gasteiger partial charge in [0.2, 0.25) is 5.91 Å². The molecule has 2 aliphatic heterocycles. The lowest BCUT2D eigenvalue weighted by Crippen LogP contribution is -2.43. The monoisotopic (exact) mass is 534 g/mol. The highest BCUT2D eigenvalue weighted by Gasteiger charge is 2.32. The van der Waals surface area contributed by atoms with Crippen LogP contribution in [0.5, 0.6) is 5.75 Å². The maximum Gasteiger partial charge on any atom is 0.410 e. The van der Waals surface area contributed by atoms with Crippen LogP contribution < -0.4 is 9.64 Å². The summed E-state index contributed by atoms with van der Waals surface area (Å²) in [4.78, 5) is 42.0. The Balaban J connectivity index is 1.32. The van der Waals surface area contributed by atoms with Gasteiger partial charge < -0.3 is 19.3 Å². The van der Waals surface area contributed by atoms with Gasteiger partial charge >= 0.3 is 6.09 Å². The minimum atomic E-state index is -0.578. The minimum Gasteiger partial charge on any atom is -0.496 e. The largest absolute Gasteiger partial charge is 0.496 e. The van der Waals surface area contributed by atoms with Crippen LogP contribution in [0.1, 0.15) is 86.8 Å². The topological polar surface area (TPSA) is 76.2 Å². The second-order valence-corrected chi connectivity index (χ2v) is 11.7. The predicted molar refractivity (Wildman–Crippen MR) is 153 cm³/mol. The van der Waals surface area contributed by atoms with Crippen molar-refractivity contribution in [1.82, 2.24) is 4.90 Å². The Hall–Kier alpha value is -3.35. The summed E-state index contributed by atoms with van der Waals surface area (Å²) in [6, 6.07) is 11.8. The molecule has 2 aromatic carbocycles. The van der Waals surface area contributed by atoms with Crippen molar-refractivity contribution < 1.29 is 23.9 Å². The highest BCUT2D eigenvalue weighted by Crippen LogP contribution is 2.37. The number of ketones is 1. The number of hydrogen-bond acceptors (Lipinski definition) is 5. The van der Waals surface area contributed by atoms with Gasteiger partial charge in [0.05, 0.1) is 12.8 Å². The van der Waals surface area contributed by atoms with Crippen LogP contribution in [0.25, 0.3) is 0 Å². The van der Waals surface area contributed by atoms with E-state index in [1.807, 2.05) is 69.0 Å². The van der Waals surface area contributed by atoms with Gasteiger partial charge in [0.1, 0.15) is 11.4 Å². The molecule has 0 saturated heterocycles. The fourth-order valence-electron chi connectivity index (χ4n) is 5.62. The maximum atomic E-state index is 13.1. The van der Waals surface area contributed by atoms with Crippen LogP contribution >= 0.6 is 0 Å². The molecule has 1 unspecified atom stereocenters. The van der Waals surface area contributed by atoms with Crippen molar-refractivity contribution in [3.05, 3.63) is 58.7 Å². The molecule has 0 spiro atoms. The number of unbranched alkanes of at least 4 members (excludes halogenated alkanes) is 2. The van der Waals surface area contributed by atoms with Crippen LogP contribution in [-0.4, -0.2) is 54.5 Å². The lowest BCUT2D eigenvalue weighted by atomic mass is 9.94. The van der Waals surface area contributed by atoms with E-state index in [0.717, 1.165) is 65.9 Å². The minimum absolute atomic E-state index is 0.0763. The average molecular weight is 535 g/mol. The molecule has 0 radical (unpaired) electrons. The summed E-state index contributed by atoms with van der Waals surface area (Å²) in [5, 5.41) is 0. The second kappa shape index (κ2) is 12.2. The first-order valence-corrected chi connectivity index (χ1v) is 14.2. The zero-order chi connectivity index (χ0) is 28.2. The SMILES string of the molecule is COc1ccccc1CC(C)N(CCCCCC(=O)c1cc2c3c(c1)CCN3C(=O)CC2)C(=O)OC(C)(C)C. The fourth-order valence-corrected chi connectivity index (χ4v) is 5.62. The van der Waals surface area contributed by atoms with Gasteiger partial charge in [-0.3, -0.25) is 9.59 Å². The van der Waals surface area contributed by atoms with E-state index in [1.54, 1.807) is 12.0 Å². The van der Waals surface area contributed by atoms with Crippen LogP contribution in [0.4, 0.5) is 10.5 Å². The van der Waals surface area contributed by atoms with E-state index in [1.165, 1.54) is 0 Å². The number of aryl methyl sites for hydroxylation is 1. The predicted octanol–water partition coefficient (Wildman–Crippen LogP) is 6.14. The zero-order valence-corrected chi connectivity index (χ0v) is 24.0. The molecule has 39 heavy (non-hydrogen) atoms. The first-order valence-electron chi connectivity index (χ1n) is 14.2. The van der Waals surface area contributed by atoms with Gasteiger partial charge in [-0.05, 0) is 94.7 Å². The summed E-state index contributed by atoms with van der Waals surface area (Å²) in [5.74, 6) is 1.16. The first kappa shape index (κ1) is 28.7. The molecule has 7 heteroatoms. The number of carbonyl (C=O) groups excluding carboxylic acids is 3. The Kier molecular flexibility index (Phi) is 8.98. The third kappa shape index (κ3) is 7.00. The number of Topliss-reactive ketones (excluding diaryl/α,β-unsaturated/α-hetero) is 1. The van der Waals surface area contributed by atoms with E-state index in [9.17, 15) is 14.4 Å². The summed E-state index contributed by atoms with van der Waals surface area (Å²) < 4.78 is 11.2. The molecule has 0 bridgehead atoms. The Labute approximate surface area is 232 Å². The van der Waals surface area contributed by atoms with E-state index in [0.29, 0.717) is 32.2 Å². The lowest BCUT2D eigenvalue weighted by molar-refractivity contribution is -0.118. The Morgan fingerprint density at radius 2 is 1.74 bits per heavy atom. The fraction of sp³-hybridized carbons (Fsp3) is 0.531. The molecule has 2 heterocycles. The van der Waals surface area contributed by atoms with Gasteiger partial charge in [0.15, 0.2) is 5.78 Å². The molecule has 0 saturated carbocycles. The zero-order valence-electron chi connectivity index (χ0n) is 24.0. The number of benzene rings is 2. The molecular formula is C32H42N2O5. The van der Waals surface area contributed by atoms with Crippen molar-refractivity contribution in [1.29, 1.82) is 0 Å². The molecule has 0 fully saturated rings. The van der Waals surface area contributed by atoms with Gasteiger partial charge in [-0.1, -0.05) is 24.6 Å². The maximum absolute atomic E-state index is 13.1. The molecule has 4 rings (SSSR count). The van der Waals surface area contributed by atoms with Crippen LogP contribution in [0, 0.1) is 0 Å². The van der Waals surface area contributed by atoms with Gasteiger partial charge in [-0.15, -0.1) is 0 Å². The van der Waals surface area contributed by atoms with Gasteiger partial charge in [0.25, 0.3) is 0 Å². The molecule has 0 aromatic heterocycles. The Morgan fingerprint density at radius 1 is 1.03 bits per heavy atom. The standard InChI is InChI=1S/C32H42N2O5/c1-22(19-23-11-8-9-13-28(23)38-5)33(31(37)39-32(2,3)4)17-10-6-7-12-27(35)26-20-24-14-15-29(36)34-18-16-25(21-26)30(24)34/h8-9,11,13,20-22H,6-7,10,12,14-19H2,1-5H3. The van der Waals surface area contributed by atoms with Crippen molar-refractivity contribution in [2.45, 2.75) is 90.7 Å². The van der Waals surface area contributed by atoms with Crippen LogP contribution in [-0.2, 0) is 28.8 Å². The average Bonchev–Trinajstić information content (AvgIpc) is 3.32. The second-order valence-electron chi connectivity index (χ2n) is 11.7. The lowest BCUT2D eigenvalue weighted by Gasteiger charge is -2.32. The number of ether oxygens (including phenoxy) is 2. The molecule has 1 atom stereocenters. The molecule has 210 valence electrons. The van der Waals surface area contributed by atoms with E-state index >= 15 is 0 Å².